The van der Waals surface area contributed by atoms with Gasteiger partial charge in [0.05, 0.1) is 23.1 Å². The number of anilines is 1. The first-order valence-corrected chi connectivity index (χ1v) is 10.8. The molecule has 0 saturated carbocycles. The number of carboxylic acids is 2. The Labute approximate surface area is 204 Å². The van der Waals surface area contributed by atoms with Crippen molar-refractivity contribution < 1.29 is 29.0 Å². The number of amides is 1. The van der Waals surface area contributed by atoms with E-state index >= 15 is 4.39 Å². The summed E-state index contributed by atoms with van der Waals surface area (Å²) >= 11 is 0. The Morgan fingerprint density at radius 1 is 1.22 bits per heavy atom. The third-order valence-corrected chi connectivity index (χ3v) is 5.34. The number of rotatable bonds is 10. The first kappa shape index (κ1) is 25.9. The number of terminal acetylenes is 1. The fourth-order valence-corrected chi connectivity index (χ4v) is 3.63. The number of aryl methyl sites for hydroxylation is 1. The van der Waals surface area contributed by atoms with Crippen molar-refractivity contribution in [2.75, 3.05) is 11.4 Å². The van der Waals surface area contributed by atoms with Gasteiger partial charge in [0.2, 0.25) is 0 Å². The summed E-state index contributed by atoms with van der Waals surface area (Å²) in [5.74, 6) is -1.30. The van der Waals surface area contributed by atoms with Gasteiger partial charge >= 0.3 is 11.9 Å². The summed E-state index contributed by atoms with van der Waals surface area (Å²) in [5, 5.41) is 20.5. The predicted octanol–water partition coefficient (Wildman–Crippen LogP) is 2.06. The number of carboxylic acid groups (broad SMARTS) is 2. The molecule has 186 valence electrons. The number of halogens is 1. The second-order valence-corrected chi connectivity index (χ2v) is 8.03. The zero-order valence-corrected chi connectivity index (χ0v) is 19.2. The van der Waals surface area contributed by atoms with E-state index in [1.807, 2.05) is 0 Å². The number of nitrogens with zero attached hydrogens (tertiary/aromatic N) is 2. The molecule has 0 fully saturated rings. The maximum Gasteiger partial charge on any atom is 0.326 e. The van der Waals surface area contributed by atoms with Crippen LogP contribution >= 0.6 is 0 Å². The summed E-state index contributed by atoms with van der Waals surface area (Å²) < 4.78 is 15.0. The molecule has 10 nitrogen and oxygen atoms in total. The van der Waals surface area contributed by atoms with E-state index in [0.29, 0.717) is 22.3 Å². The standard InChI is InChI=1S/C25H23FN4O6/c1-3-10-30(13-15-4-6-19-17(11-15)24(34)28-14(2)27-19)21-8-5-16(12-18(21)26)23(33)29-20(25(35)36)7-9-22(31)32/h1,4-6,8,11-12,20H,7,9-10,13H2,2H3,(H,29,33)(H,31,32)(H,35,36)(H,27,28,34)/t20-/m1/s1. The van der Waals surface area contributed by atoms with Crippen molar-refractivity contribution in [2.45, 2.75) is 32.4 Å². The van der Waals surface area contributed by atoms with Crippen LogP contribution in [-0.4, -0.2) is 50.6 Å². The van der Waals surface area contributed by atoms with Crippen LogP contribution in [0.2, 0.25) is 0 Å². The second kappa shape index (κ2) is 11.1. The largest absolute Gasteiger partial charge is 0.481 e. The molecular formula is C25H23FN4O6. The Balaban J connectivity index is 1.82. The fraction of sp³-hybridized carbons (Fsp3) is 0.240. The van der Waals surface area contributed by atoms with Crippen LogP contribution in [0.4, 0.5) is 10.1 Å². The first-order chi connectivity index (χ1) is 17.1. The van der Waals surface area contributed by atoms with Crippen LogP contribution in [0.3, 0.4) is 0 Å². The monoisotopic (exact) mass is 494 g/mol. The van der Waals surface area contributed by atoms with Gasteiger partial charge in [0.15, 0.2) is 0 Å². The molecule has 0 aliphatic rings. The molecule has 0 bridgehead atoms. The Morgan fingerprint density at radius 3 is 2.61 bits per heavy atom. The molecule has 0 aliphatic heterocycles. The van der Waals surface area contributed by atoms with Crippen molar-refractivity contribution in [3.8, 4) is 12.3 Å². The van der Waals surface area contributed by atoms with E-state index in [2.05, 4.69) is 21.2 Å². The van der Waals surface area contributed by atoms with E-state index in [4.69, 9.17) is 11.5 Å². The van der Waals surface area contributed by atoms with E-state index in [0.717, 1.165) is 6.07 Å². The molecule has 0 aliphatic carbocycles. The molecule has 2 aromatic carbocycles. The van der Waals surface area contributed by atoms with Crippen LogP contribution in [0.15, 0.2) is 41.2 Å². The van der Waals surface area contributed by atoms with Crippen molar-refractivity contribution in [3.63, 3.8) is 0 Å². The lowest BCUT2D eigenvalue weighted by Gasteiger charge is -2.24. The summed E-state index contributed by atoms with van der Waals surface area (Å²) in [6, 6.07) is 7.24. The maximum atomic E-state index is 15.0. The molecule has 3 rings (SSSR count). The fourth-order valence-electron chi connectivity index (χ4n) is 3.63. The van der Waals surface area contributed by atoms with Crippen LogP contribution in [-0.2, 0) is 16.1 Å². The van der Waals surface area contributed by atoms with Gasteiger partial charge in [0.1, 0.15) is 17.7 Å². The van der Waals surface area contributed by atoms with E-state index in [9.17, 15) is 24.3 Å². The number of carbonyl (C=O) groups excluding carboxylic acids is 1. The highest BCUT2D eigenvalue weighted by atomic mass is 19.1. The molecule has 1 amide bonds. The number of hydrogen-bond donors (Lipinski definition) is 4. The van der Waals surface area contributed by atoms with E-state index in [1.54, 1.807) is 30.0 Å². The molecule has 1 atom stereocenters. The van der Waals surface area contributed by atoms with Crippen LogP contribution in [0, 0.1) is 25.1 Å². The molecule has 0 unspecified atom stereocenters. The van der Waals surface area contributed by atoms with Crippen LogP contribution in [0.1, 0.15) is 34.6 Å². The highest BCUT2D eigenvalue weighted by Gasteiger charge is 2.23. The van der Waals surface area contributed by atoms with E-state index < -0.39 is 36.1 Å². The van der Waals surface area contributed by atoms with Crippen molar-refractivity contribution in [2.24, 2.45) is 0 Å². The molecule has 1 heterocycles. The molecule has 1 aromatic heterocycles. The molecule has 0 radical (unpaired) electrons. The normalized spacial score (nSPS) is 11.5. The van der Waals surface area contributed by atoms with Gasteiger partial charge in [0.25, 0.3) is 11.5 Å². The minimum Gasteiger partial charge on any atom is -0.481 e. The Morgan fingerprint density at radius 2 is 1.97 bits per heavy atom. The van der Waals surface area contributed by atoms with Crippen molar-refractivity contribution in [1.29, 1.82) is 0 Å². The highest BCUT2D eigenvalue weighted by molar-refractivity contribution is 5.97. The molecule has 11 heteroatoms. The SMILES string of the molecule is C#CCN(Cc1ccc2nc(C)[nH]c(=O)c2c1)c1ccc(C(=O)N[C@H](CCC(=O)O)C(=O)O)cc1F. The molecule has 0 saturated heterocycles. The number of H-pyrrole nitrogens is 1. The Bertz CT molecular complexity index is 1430. The van der Waals surface area contributed by atoms with Gasteiger partial charge in [0, 0.05) is 18.5 Å². The van der Waals surface area contributed by atoms with Gasteiger partial charge < -0.3 is 25.4 Å². The molecule has 0 spiro atoms. The highest BCUT2D eigenvalue weighted by Crippen LogP contribution is 2.23. The Hall–Kier alpha value is -4.72. The quantitative estimate of drug-likeness (QED) is 0.313. The average Bonchev–Trinajstić information content (AvgIpc) is 2.81. The maximum absolute atomic E-state index is 15.0. The third-order valence-electron chi connectivity index (χ3n) is 5.34. The number of benzene rings is 2. The summed E-state index contributed by atoms with van der Waals surface area (Å²) in [5.41, 5.74) is 0.858. The second-order valence-electron chi connectivity index (χ2n) is 8.03. The molecular weight excluding hydrogens is 471 g/mol. The third kappa shape index (κ3) is 6.24. The van der Waals surface area contributed by atoms with Crippen LogP contribution in [0.5, 0.6) is 0 Å². The van der Waals surface area contributed by atoms with Crippen molar-refractivity contribution in [1.82, 2.24) is 15.3 Å². The van der Waals surface area contributed by atoms with Gasteiger partial charge in [-0.1, -0.05) is 12.0 Å². The summed E-state index contributed by atoms with van der Waals surface area (Å²) in [4.78, 5) is 55.2. The van der Waals surface area contributed by atoms with Crippen LogP contribution in [0.25, 0.3) is 10.9 Å². The lowest BCUT2D eigenvalue weighted by molar-refractivity contribution is -0.140. The van der Waals surface area contributed by atoms with Gasteiger partial charge in [-0.15, -0.1) is 6.42 Å². The van der Waals surface area contributed by atoms with E-state index in [-0.39, 0.29) is 36.3 Å². The summed E-state index contributed by atoms with van der Waals surface area (Å²) in [7, 11) is 0. The number of aliphatic carboxylic acids is 2. The lowest BCUT2D eigenvalue weighted by atomic mass is 10.1. The van der Waals surface area contributed by atoms with Gasteiger partial charge in [-0.2, -0.15) is 0 Å². The summed E-state index contributed by atoms with van der Waals surface area (Å²) in [6.07, 6.45) is 4.69. The van der Waals surface area contributed by atoms with Gasteiger partial charge in [-0.3, -0.25) is 14.4 Å². The molecule has 3 aromatic rings. The number of aromatic nitrogens is 2. The lowest BCUT2D eigenvalue weighted by Crippen LogP contribution is -2.41. The smallest absolute Gasteiger partial charge is 0.326 e. The van der Waals surface area contributed by atoms with Crippen molar-refractivity contribution in [3.05, 3.63) is 69.5 Å². The van der Waals surface area contributed by atoms with E-state index in [1.165, 1.54) is 12.1 Å². The summed E-state index contributed by atoms with van der Waals surface area (Å²) in [6.45, 7) is 1.86. The molecule has 36 heavy (non-hydrogen) atoms. The molecule has 4 N–H and O–H groups in total. The topological polar surface area (TPSA) is 153 Å². The number of hydrogen-bond acceptors (Lipinski definition) is 6. The van der Waals surface area contributed by atoms with Crippen LogP contribution < -0.4 is 15.8 Å². The number of carbonyl (C=O) groups is 3. The Kier molecular flexibility index (Phi) is 8.01. The number of nitrogens with one attached hydrogen (secondary N) is 2. The zero-order chi connectivity index (χ0) is 26.4. The minimum atomic E-state index is -1.44. The minimum absolute atomic E-state index is 0.0271. The van der Waals surface area contributed by atoms with Gasteiger partial charge in [-0.05, 0) is 49.2 Å². The average molecular weight is 494 g/mol. The number of aromatic amines is 1. The van der Waals surface area contributed by atoms with Crippen molar-refractivity contribution >= 4 is 34.4 Å². The zero-order valence-electron chi connectivity index (χ0n) is 19.2. The predicted molar refractivity (Wildman–Crippen MR) is 129 cm³/mol. The van der Waals surface area contributed by atoms with Gasteiger partial charge in [-0.25, -0.2) is 14.2 Å². The number of fused-ring (bicyclic) bond motifs is 1. The first-order valence-electron chi connectivity index (χ1n) is 10.8.